The molecule has 0 aliphatic carbocycles. The first kappa shape index (κ1) is 22.9. The van der Waals surface area contributed by atoms with Crippen LogP contribution in [0, 0.1) is 0 Å². The Labute approximate surface area is 242 Å². The zero-order valence-corrected chi connectivity index (χ0v) is 22.5. The predicted molar refractivity (Wildman–Crippen MR) is 171 cm³/mol. The van der Waals surface area contributed by atoms with Gasteiger partial charge in [-0.25, -0.2) is 0 Å². The van der Waals surface area contributed by atoms with Crippen LogP contribution in [-0.2, 0) is 0 Å². The highest BCUT2D eigenvalue weighted by Gasteiger charge is 2.28. The van der Waals surface area contributed by atoms with Crippen molar-refractivity contribution in [2.24, 2.45) is 0 Å². The maximum Gasteiger partial charge on any atom is 0.240 e. The van der Waals surface area contributed by atoms with Crippen molar-refractivity contribution in [2.75, 3.05) is 4.90 Å². The van der Waals surface area contributed by atoms with Crippen molar-refractivity contribution < 1.29 is 0 Å². The average Bonchev–Trinajstić information content (AvgIpc) is 3.40. The van der Waals surface area contributed by atoms with Crippen LogP contribution in [0.15, 0.2) is 140 Å². The minimum absolute atomic E-state index is 0.579. The molecule has 0 atom stereocenters. The monoisotopic (exact) mass is 537 g/mol. The van der Waals surface area contributed by atoms with Gasteiger partial charge >= 0.3 is 0 Å². The summed E-state index contributed by atoms with van der Waals surface area (Å²) in [6.45, 7) is 0. The van der Waals surface area contributed by atoms with E-state index in [0.29, 0.717) is 17.7 Å². The van der Waals surface area contributed by atoms with Crippen LogP contribution in [0.2, 0.25) is 0 Å². The molecule has 5 heteroatoms. The zero-order valence-electron chi connectivity index (χ0n) is 22.5. The number of benzene rings is 6. The molecule has 6 aromatic carbocycles. The van der Waals surface area contributed by atoms with E-state index in [1.807, 2.05) is 18.2 Å². The van der Waals surface area contributed by atoms with Crippen LogP contribution in [0.3, 0.4) is 0 Å². The maximum atomic E-state index is 5.25. The smallest absolute Gasteiger partial charge is 0.240 e. The molecule has 3 heterocycles. The number of hydrogen-bond donors (Lipinski definition) is 0. The van der Waals surface area contributed by atoms with E-state index >= 15 is 0 Å². The van der Waals surface area contributed by atoms with E-state index < -0.39 is 0 Å². The van der Waals surface area contributed by atoms with Crippen molar-refractivity contribution >= 4 is 49.9 Å². The number of fused-ring (bicyclic) bond motifs is 5. The predicted octanol–water partition coefficient (Wildman–Crippen LogP) is 9.24. The summed E-state index contributed by atoms with van der Waals surface area (Å²) in [6.07, 6.45) is 0. The molecule has 0 unspecified atom stereocenters. The lowest BCUT2D eigenvalue weighted by Gasteiger charge is -2.32. The second kappa shape index (κ2) is 8.85. The molecule has 42 heavy (non-hydrogen) atoms. The second-order valence-corrected chi connectivity index (χ2v) is 10.5. The molecule has 0 N–H and O–H groups in total. The van der Waals surface area contributed by atoms with E-state index in [0.717, 1.165) is 33.5 Å². The summed E-state index contributed by atoms with van der Waals surface area (Å²) in [5.74, 6) is 1.79. The topological polar surface area (TPSA) is 46.8 Å². The Kier molecular flexibility index (Phi) is 4.83. The van der Waals surface area contributed by atoms with Crippen molar-refractivity contribution in [1.82, 2.24) is 19.5 Å². The number of aromatic nitrogens is 4. The Bertz CT molecular complexity index is 2260. The highest BCUT2D eigenvalue weighted by molar-refractivity contribution is 6.13. The molecule has 1 aliphatic heterocycles. The summed E-state index contributed by atoms with van der Waals surface area (Å²) < 4.78 is 2.16. The van der Waals surface area contributed by atoms with Gasteiger partial charge in [-0.05, 0) is 35.2 Å². The normalized spacial score (nSPS) is 12.2. The highest BCUT2D eigenvalue weighted by Crippen LogP contribution is 2.50. The molecule has 2 aromatic heterocycles. The summed E-state index contributed by atoms with van der Waals surface area (Å²) in [5.41, 5.74) is 7.52. The molecule has 196 valence electrons. The van der Waals surface area contributed by atoms with Gasteiger partial charge in [0.05, 0.1) is 22.4 Å². The number of hydrogen-bond acceptors (Lipinski definition) is 4. The molecule has 0 saturated carbocycles. The van der Waals surface area contributed by atoms with Gasteiger partial charge in [0.1, 0.15) is 0 Å². The van der Waals surface area contributed by atoms with E-state index in [9.17, 15) is 0 Å². The quantitative estimate of drug-likeness (QED) is 0.225. The third kappa shape index (κ3) is 3.28. The summed E-state index contributed by atoms with van der Waals surface area (Å²) in [7, 11) is 0. The lowest BCUT2D eigenvalue weighted by Crippen LogP contribution is -2.19. The number of nitrogens with zero attached hydrogens (tertiary/aromatic N) is 5. The molecular weight excluding hydrogens is 514 g/mol. The van der Waals surface area contributed by atoms with Crippen LogP contribution in [-0.4, -0.2) is 19.5 Å². The summed E-state index contributed by atoms with van der Waals surface area (Å²) in [5, 5.41) is 4.71. The molecule has 0 radical (unpaired) electrons. The van der Waals surface area contributed by atoms with Gasteiger partial charge in [0.15, 0.2) is 5.82 Å². The third-order valence-electron chi connectivity index (χ3n) is 8.18. The molecule has 8 aromatic rings. The Hall–Kier alpha value is -5.81. The van der Waals surface area contributed by atoms with Gasteiger partial charge in [-0.3, -0.25) is 9.47 Å². The first-order valence-electron chi connectivity index (χ1n) is 14.1. The summed E-state index contributed by atoms with van der Waals surface area (Å²) in [4.78, 5) is 17.7. The van der Waals surface area contributed by atoms with Gasteiger partial charge in [-0.1, -0.05) is 115 Å². The molecule has 0 fully saturated rings. The summed E-state index contributed by atoms with van der Waals surface area (Å²) in [6, 6.07) is 48.5. The van der Waals surface area contributed by atoms with E-state index in [1.165, 1.54) is 27.1 Å². The Morgan fingerprint density at radius 1 is 0.429 bits per heavy atom. The van der Waals surface area contributed by atoms with E-state index in [1.54, 1.807) is 0 Å². The maximum absolute atomic E-state index is 5.25. The average molecular weight is 538 g/mol. The lowest BCUT2D eigenvalue weighted by molar-refractivity contribution is 0.933. The highest BCUT2D eigenvalue weighted by atomic mass is 15.3. The standard InChI is InChI=1S/C37H23N5/c1-2-12-25(13-3-1)35-38-36(41-30-20-7-4-16-26(30)27-17-5-8-21-31(27)41)40-37(39-35)42-32-22-9-6-18-28(32)29-19-10-14-24-15-11-23-33(42)34(24)29/h1-23H. The van der Waals surface area contributed by atoms with Crippen LogP contribution in [0.25, 0.3) is 61.0 Å². The molecule has 9 rings (SSSR count). The van der Waals surface area contributed by atoms with E-state index in [-0.39, 0.29) is 0 Å². The first-order valence-corrected chi connectivity index (χ1v) is 14.1. The molecule has 0 bridgehead atoms. The van der Waals surface area contributed by atoms with Gasteiger partial charge in [0.2, 0.25) is 11.9 Å². The van der Waals surface area contributed by atoms with E-state index in [2.05, 4.69) is 131 Å². The van der Waals surface area contributed by atoms with Crippen LogP contribution in [0.4, 0.5) is 17.3 Å². The van der Waals surface area contributed by atoms with Crippen molar-refractivity contribution in [3.63, 3.8) is 0 Å². The molecule has 0 amide bonds. The molecule has 0 saturated heterocycles. The zero-order chi connectivity index (χ0) is 27.6. The number of rotatable bonds is 3. The van der Waals surface area contributed by atoms with Crippen molar-refractivity contribution in [3.05, 3.63) is 140 Å². The molecule has 0 spiro atoms. The minimum atomic E-state index is 0.579. The van der Waals surface area contributed by atoms with Gasteiger partial charge in [-0.2, -0.15) is 15.0 Å². The van der Waals surface area contributed by atoms with Crippen molar-refractivity contribution in [3.8, 4) is 28.5 Å². The molecule has 5 nitrogen and oxygen atoms in total. The Balaban J connectivity index is 1.39. The molecule has 1 aliphatic rings. The van der Waals surface area contributed by atoms with Gasteiger partial charge < -0.3 is 0 Å². The van der Waals surface area contributed by atoms with Gasteiger partial charge in [0.25, 0.3) is 0 Å². The largest absolute Gasteiger partial charge is 0.278 e. The van der Waals surface area contributed by atoms with Crippen LogP contribution in [0.5, 0.6) is 0 Å². The van der Waals surface area contributed by atoms with Gasteiger partial charge in [0, 0.05) is 27.3 Å². The minimum Gasteiger partial charge on any atom is -0.278 e. The SMILES string of the molecule is c1ccc(-c2nc(N3c4ccccc4-c4cccc5cccc3c45)nc(-n3c4ccccc4c4ccccc43)n2)cc1. The lowest BCUT2D eigenvalue weighted by atomic mass is 9.91. The van der Waals surface area contributed by atoms with Crippen LogP contribution < -0.4 is 4.90 Å². The van der Waals surface area contributed by atoms with Gasteiger partial charge in [-0.15, -0.1) is 0 Å². The summed E-state index contributed by atoms with van der Waals surface area (Å²) >= 11 is 0. The Morgan fingerprint density at radius 3 is 1.81 bits per heavy atom. The first-order chi connectivity index (χ1) is 20.8. The second-order valence-electron chi connectivity index (χ2n) is 10.5. The van der Waals surface area contributed by atoms with Crippen LogP contribution >= 0.6 is 0 Å². The number of para-hydroxylation sites is 3. The van der Waals surface area contributed by atoms with Crippen molar-refractivity contribution in [1.29, 1.82) is 0 Å². The Morgan fingerprint density at radius 2 is 1.02 bits per heavy atom. The third-order valence-corrected chi connectivity index (χ3v) is 8.18. The fourth-order valence-corrected chi connectivity index (χ4v) is 6.38. The fraction of sp³-hybridized carbons (Fsp3) is 0. The fourth-order valence-electron chi connectivity index (χ4n) is 6.38. The van der Waals surface area contributed by atoms with Crippen LogP contribution in [0.1, 0.15) is 0 Å². The number of anilines is 3. The van der Waals surface area contributed by atoms with E-state index in [4.69, 9.17) is 15.0 Å². The van der Waals surface area contributed by atoms with Crippen molar-refractivity contribution in [2.45, 2.75) is 0 Å². The molecular formula is C37H23N5.